The Morgan fingerprint density at radius 2 is 2.19 bits per heavy atom. The normalized spacial score (nSPS) is 18.9. The van der Waals surface area contributed by atoms with Gasteiger partial charge in [0.1, 0.15) is 0 Å². The van der Waals surface area contributed by atoms with E-state index in [9.17, 15) is 14.7 Å². The number of carboxylic acids is 1. The fourth-order valence-corrected chi connectivity index (χ4v) is 2.65. The predicted octanol–water partition coefficient (Wildman–Crippen LogP) is 1.02. The lowest BCUT2D eigenvalue weighted by atomic mass is 10.1. The van der Waals surface area contributed by atoms with Gasteiger partial charge in [-0.1, -0.05) is 18.2 Å². The summed E-state index contributed by atoms with van der Waals surface area (Å²) in [7, 11) is 0. The smallest absolute Gasteiger partial charge is 0.328 e. The lowest BCUT2D eigenvalue weighted by Gasteiger charge is -2.32. The number of rotatable bonds is 3. The molecule has 0 unspecified atom stereocenters. The van der Waals surface area contributed by atoms with Gasteiger partial charge in [0, 0.05) is 23.6 Å². The molecule has 1 aliphatic heterocycles. The molecule has 3 rings (SSSR count). The summed E-state index contributed by atoms with van der Waals surface area (Å²) < 4.78 is 5.15. The third-order valence-corrected chi connectivity index (χ3v) is 3.75. The van der Waals surface area contributed by atoms with E-state index in [4.69, 9.17) is 4.74 Å². The average Bonchev–Trinajstić information content (AvgIpc) is 2.90. The number of para-hydroxylation sites is 1. The van der Waals surface area contributed by atoms with Crippen molar-refractivity contribution < 1.29 is 19.4 Å². The molecule has 2 heterocycles. The second-order valence-electron chi connectivity index (χ2n) is 5.05. The zero-order valence-electron chi connectivity index (χ0n) is 11.4. The van der Waals surface area contributed by atoms with Gasteiger partial charge < -0.3 is 19.7 Å². The number of amides is 1. The number of aromatic amines is 1. The summed E-state index contributed by atoms with van der Waals surface area (Å²) in [5, 5.41) is 10.2. The lowest BCUT2D eigenvalue weighted by Crippen LogP contribution is -2.53. The number of benzene rings is 1. The summed E-state index contributed by atoms with van der Waals surface area (Å²) in [6.07, 6.45) is 1.99. The second-order valence-corrected chi connectivity index (χ2v) is 5.05. The van der Waals surface area contributed by atoms with E-state index < -0.39 is 12.0 Å². The minimum atomic E-state index is -1.03. The number of morpholine rings is 1. The second kappa shape index (κ2) is 5.57. The quantitative estimate of drug-likeness (QED) is 0.883. The van der Waals surface area contributed by atoms with Gasteiger partial charge in [0.15, 0.2) is 6.04 Å². The number of hydrogen-bond donors (Lipinski definition) is 2. The van der Waals surface area contributed by atoms with Gasteiger partial charge in [-0.3, -0.25) is 4.79 Å². The van der Waals surface area contributed by atoms with Gasteiger partial charge in [-0.2, -0.15) is 0 Å². The SMILES string of the molecule is O=C(O)[C@@H]1COCCN1C(=O)Cc1c[nH]c2ccccc12. The minimum Gasteiger partial charge on any atom is -0.480 e. The number of carbonyl (C=O) groups excluding carboxylic acids is 1. The summed E-state index contributed by atoms with van der Waals surface area (Å²) in [5.74, 6) is -1.21. The highest BCUT2D eigenvalue weighted by Crippen LogP contribution is 2.19. The lowest BCUT2D eigenvalue weighted by molar-refractivity contribution is -0.157. The van der Waals surface area contributed by atoms with Crippen LogP contribution in [-0.4, -0.2) is 52.7 Å². The Kier molecular flexibility index (Phi) is 3.62. The fraction of sp³-hybridized carbons (Fsp3) is 0.333. The van der Waals surface area contributed by atoms with Crippen LogP contribution in [-0.2, 0) is 20.7 Å². The number of fused-ring (bicyclic) bond motifs is 1. The van der Waals surface area contributed by atoms with Crippen molar-refractivity contribution in [2.45, 2.75) is 12.5 Å². The van der Waals surface area contributed by atoms with Crippen molar-refractivity contribution in [3.05, 3.63) is 36.0 Å². The molecule has 6 heteroatoms. The van der Waals surface area contributed by atoms with Crippen LogP contribution in [0.15, 0.2) is 30.5 Å². The van der Waals surface area contributed by atoms with E-state index in [1.54, 1.807) is 6.20 Å². The van der Waals surface area contributed by atoms with Gasteiger partial charge in [0.05, 0.1) is 19.6 Å². The minimum absolute atomic E-state index is 0.0506. The Morgan fingerprint density at radius 1 is 1.38 bits per heavy atom. The van der Waals surface area contributed by atoms with Crippen LogP contribution in [0.4, 0.5) is 0 Å². The molecule has 6 nitrogen and oxygen atoms in total. The maximum atomic E-state index is 12.4. The Balaban J connectivity index is 1.80. The summed E-state index contributed by atoms with van der Waals surface area (Å²) in [4.78, 5) is 28.1. The van der Waals surface area contributed by atoms with Crippen molar-refractivity contribution in [2.24, 2.45) is 0 Å². The molecule has 1 aromatic heterocycles. The van der Waals surface area contributed by atoms with Crippen molar-refractivity contribution in [2.75, 3.05) is 19.8 Å². The molecular formula is C15H16N2O4. The van der Waals surface area contributed by atoms with E-state index in [0.717, 1.165) is 16.5 Å². The van der Waals surface area contributed by atoms with Crippen LogP contribution in [0.2, 0.25) is 0 Å². The maximum absolute atomic E-state index is 12.4. The van der Waals surface area contributed by atoms with Crippen LogP contribution in [0.1, 0.15) is 5.56 Å². The van der Waals surface area contributed by atoms with Crippen LogP contribution in [0.3, 0.4) is 0 Å². The van der Waals surface area contributed by atoms with E-state index in [2.05, 4.69) is 4.98 Å². The number of ether oxygens (including phenoxy) is 1. The molecule has 0 bridgehead atoms. The zero-order valence-corrected chi connectivity index (χ0v) is 11.4. The molecule has 0 aliphatic carbocycles. The molecule has 1 saturated heterocycles. The predicted molar refractivity (Wildman–Crippen MR) is 76.0 cm³/mol. The van der Waals surface area contributed by atoms with E-state index >= 15 is 0 Å². The Labute approximate surface area is 121 Å². The summed E-state index contributed by atoms with van der Waals surface area (Å²) in [5.41, 5.74) is 1.85. The van der Waals surface area contributed by atoms with Crippen molar-refractivity contribution >= 4 is 22.8 Å². The number of aliphatic carboxylic acids is 1. The monoisotopic (exact) mass is 288 g/mol. The largest absolute Gasteiger partial charge is 0.480 e. The molecular weight excluding hydrogens is 272 g/mol. The number of carbonyl (C=O) groups is 2. The van der Waals surface area contributed by atoms with Crippen LogP contribution in [0.25, 0.3) is 10.9 Å². The van der Waals surface area contributed by atoms with Gasteiger partial charge in [0.2, 0.25) is 5.91 Å². The van der Waals surface area contributed by atoms with Crippen molar-refractivity contribution in [3.63, 3.8) is 0 Å². The van der Waals surface area contributed by atoms with E-state index in [-0.39, 0.29) is 18.9 Å². The van der Waals surface area contributed by atoms with E-state index in [1.165, 1.54) is 4.90 Å². The summed E-state index contributed by atoms with van der Waals surface area (Å²) >= 11 is 0. The number of hydrogen-bond acceptors (Lipinski definition) is 3. The molecule has 1 fully saturated rings. The van der Waals surface area contributed by atoms with E-state index in [0.29, 0.717) is 13.2 Å². The molecule has 1 amide bonds. The highest BCUT2D eigenvalue weighted by atomic mass is 16.5. The van der Waals surface area contributed by atoms with Crippen LogP contribution >= 0.6 is 0 Å². The molecule has 21 heavy (non-hydrogen) atoms. The van der Waals surface area contributed by atoms with Crippen molar-refractivity contribution in [1.29, 1.82) is 0 Å². The first kappa shape index (κ1) is 13.6. The maximum Gasteiger partial charge on any atom is 0.328 e. The fourth-order valence-electron chi connectivity index (χ4n) is 2.65. The third kappa shape index (κ3) is 2.62. The van der Waals surface area contributed by atoms with Gasteiger partial charge in [-0.15, -0.1) is 0 Å². The molecule has 1 atom stereocenters. The van der Waals surface area contributed by atoms with Crippen LogP contribution in [0.5, 0.6) is 0 Å². The highest BCUT2D eigenvalue weighted by Gasteiger charge is 2.32. The standard InChI is InChI=1S/C15H16N2O4/c18-14(17-5-6-21-9-13(17)15(19)20)7-10-8-16-12-4-2-1-3-11(10)12/h1-4,8,13,16H,5-7,9H2,(H,19,20)/t13-/m0/s1. The van der Waals surface area contributed by atoms with Crippen LogP contribution < -0.4 is 0 Å². The number of nitrogens with one attached hydrogen (secondary N) is 1. The van der Waals surface area contributed by atoms with Gasteiger partial charge in [0.25, 0.3) is 0 Å². The van der Waals surface area contributed by atoms with Crippen molar-refractivity contribution in [1.82, 2.24) is 9.88 Å². The molecule has 110 valence electrons. The average molecular weight is 288 g/mol. The topological polar surface area (TPSA) is 82.6 Å². The first-order valence-electron chi connectivity index (χ1n) is 6.82. The van der Waals surface area contributed by atoms with Crippen molar-refractivity contribution in [3.8, 4) is 0 Å². The summed E-state index contributed by atoms with van der Waals surface area (Å²) in [6, 6.07) is 6.84. The number of H-pyrrole nitrogens is 1. The van der Waals surface area contributed by atoms with Crippen LogP contribution in [0, 0.1) is 0 Å². The number of aromatic nitrogens is 1. The Bertz CT molecular complexity index is 679. The number of carboxylic acid groups (broad SMARTS) is 1. The molecule has 2 aromatic rings. The third-order valence-electron chi connectivity index (χ3n) is 3.75. The molecule has 0 radical (unpaired) electrons. The zero-order chi connectivity index (χ0) is 14.8. The first-order valence-corrected chi connectivity index (χ1v) is 6.82. The Morgan fingerprint density at radius 3 is 3.00 bits per heavy atom. The molecule has 1 aliphatic rings. The first-order chi connectivity index (χ1) is 10.2. The summed E-state index contributed by atoms with van der Waals surface area (Å²) in [6.45, 7) is 0.747. The van der Waals surface area contributed by atoms with E-state index in [1.807, 2.05) is 24.3 Å². The molecule has 0 saturated carbocycles. The van der Waals surface area contributed by atoms with Gasteiger partial charge in [-0.05, 0) is 11.6 Å². The number of nitrogens with zero attached hydrogens (tertiary/aromatic N) is 1. The Hall–Kier alpha value is -2.34. The molecule has 1 aromatic carbocycles. The molecule has 2 N–H and O–H groups in total. The molecule has 0 spiro atoms. The van der Waals surface area contributed by atoms with Gasteiger partial charge in [-0.25, -0.2) is 4.79 Å². The van der Waals surface area contributed by atoms with Gasteiger partial charge >= 0.3 is 5.97 Å². The highest BCUT2D eigenvalue weighted by molar-refractivity contribution is 5.90.